The summed E-state index contributed by atoms with van der Waals surface area (Å²) in [6, 6.07) is 13.8. The van der Waals surface area contributed by atoms with Crippen LogP contribution in [0, 0.1) is 0 Å². The van der Waals surface area contributed by atoms with Crippen molar-refractivity contribution in [1.29, 1.82) is 0 Å². The topological polar surface area (TPSA) is 64.2 Å². The van der Waals surface area contributed by atoms with Gasteiger partial charge in [0.05, 0.1) is 18.7 Å². The minimum atomic E-state index is 0.00949. The normalized spacial score (nSPS) is 11.7. The Morgan fingerprint density at radius 1 is 1.16 bits per heavy atom. The number of quaternary nitrogens is 1. The van der Waals surface area contributed by atoms with E-state index in [1.807, 2.05) is 47.8 Å². The van der Waals surface area contributed by atoms with E-state index in [4.69, 9.17) is 9.47 Å². The first kappa shape index (κ1) is 19.3. The van der Waals surface area contributed by atoms with Crippen molar-refractivity contribution in [2.24, 2.45) is 0 Å². The van der Waals surface area contributed by atoms with Gasteiger partial charge in [0.25, 0.3) is 5.91 Å². The zero-order valence-electron chi connectivity index (χ0n) is 14.7. The van der Waals surface area contributed by atoms with Gasteiger partial charge in [-0.05, 0) is 58.7 Å². The summed E-state index contributed by atoms with van der Waals surface area (Å²) < 4.78 is 11.3. The van der Waals surface area contributed by atoms with Crippen molar-refractivity contribution in [3.8, 4) is 11.5 Å². The fourth-order valence-corrected chi connectivity index (χ4v) is 2.96. The molecule has 0 saturated heterocycles. The molecule has 2 aromatic rings. The van der Waals surface area contributed by atoms with Gasteiger partial charge in [0, 0.05) is 12.1 Å². The molecule has 134 valence electrons. The minimum Gasteiger partial charge on any atom is -0.497 e. The fourth-order valence-electron chi connectivity index (χ4n) is 2.40. The standard InChI is InChI=1S/C19H23BrN2O3/c1-13(15-6-9-18(25-3)17(20)10-15)21-12-19(23)22-11-14-4-7-16(24-2)8-5-14/h4-10,13,21H,11-12H2,1-3H3,(H,22,23)/p+1/t13-/m0/s1. The van der Waals surface area contributed by atoms with Crippen molar-refractivity contribution >= 4 is 21.8 Å². The number of methoxy groups -OCH3 is 2. The molecule has 0 bridgehead atoms. The third-order valence-corrected chi connectivity index (χ3v) is 4.63. The molecule has 0 unspecified atom stereocenters. The molecule has 2 rings (SSSR count). The van der Waals surface area contributed by atoms with E-state index in [2.05, 4.69) is 28.2 Å². The van der Waals surface area contributed by atoms with Crippen LogP contribution >= 0.6 is 15.9 Å². The number of nitrogens with two attached hydrogens (primary N) is 1. The predicted molar refractivity (Wildman–Crippen MR) is 101 cm³/mol. The summed E-state index contributed by atoms with van der Waals surface area (Å²) in [7, 11) is 3.28. The Kier molecular flexibility index (Phi) is 7.28. The number of carbonyl (C=O) groups excluding carboxylic acids is 1. The second-order valence-electron chi connectivity index (χ2n) is 5.75. The molecular weight excluding hydrogens is 384 g/mol. The molecule has 3 N–H and O–H groups in total. The number of nitrogens with one attached hydrogen (secondary N) is 1. The third kappa shape index (κ3) is 5.76. The van der Waals surface area contributed by atoms with Gasteiger partial charge in [0.2, 0.25) is 0 Å². The van der Waals surface area contributed by atoms with Gasteiger partial charge in [-0.1, -0.05) is 12.1 Å². The summed E-state index contributed by atoms with van der Waals surface area (Å²) in [6.45, 7) is 2.96. The molecule has 0 radical (unpaired) electrons. The van der Waals surface area contributed by atoms with Gasteiger partial charge in [-0.15, -0.1) is 0 Å². The SMILES string of the molecule is COc1ccc(CNC(=O)C[NH2+][C@@H](C)c2ccc(OC)c(Br)c2)cc1. The molecular formula is C19H24BrN2O3+. The molecule has 2 aromatic carbocycles. The molecule has 0 aliphatic heterocycles. The van der Waals surface area contributed by atoms with Crippen LogP contribution in [-0.2, 0) is 11.3 Å². The Morgan fingerprint density at radius 2 is 1.88 bits per heavy atom. The Labute approximate surface area is 156 Å². The van der Waals surface area contributed by atoms with Crippen molar-refractivity contribution in [3.05, 3.63) is 58.1 Å². The Bertz CT molecular complexity index is 704. The largest absolute Gasteiger partial charge is 0.497 e. The first-order valence-electron chi connectivity index (χ1n) is 8.10. The maximum Gasteiger partial charge on any atom is 0.275 e. The molecule has 0 heterocycles. The second kappa shape index (κ2) is 9.44. The van der Waals surface area contributed by atoms with Gasteiger partial charge < -0.3 is 20.1 Å². The van der Waals surface area contributed by atoms with E-state index in [1.54, 1.807) is 14.2 Å². The lowest BCUT2D eigenvalue weighted by Crippen LogP contribution is -2.87. The molecule has 6 heteroatoms. The van der Waals surface area contributed by atoms with E-state index >= 15 is 0 Å². The van der Waals surface area contributed by atoms with E-state index in [0.29, 0.717) is 13.1 Å². The monoisotopic (exact) mass is 407 g/mol. The zero-order chi connectivity index (χ0) is 18.2. The molecule has 1 atom stereocenters. The number of halogens is 1. The van der Waals surface area contributed by atoms with Crippen LogP contribution < -0.4 is 20.1 Å². The molecule has 0 aromatic heterocycles. The van der Waals surface area contributed by atoms with Crippen LogP contribution in [0.5, 0.6) is 11.5 Å². The second-order valence-corrected chi connectivity index (χ2v) is 6.60. The quantitative estimate of drug-likeness (QED) is 0.705. The molecule has 0 aliphatic carbocycles. The predicted octanol–water partition coefficient (Wildman–Crippen LogP) is 2.41. The van der Waals surface area contributed by atoms with Gasteiger partial charge >= 0.3 is 0 Å². The van der Waals surface area contributed by atoms with Crippen molar-refractivity contribution in [2.75, 3.05) is 20.8 Å². The number of carbonyl (C=O) groups is 1. The number of ether oxygens (including phenoxy) is 2. The molecule has 0 fully saturated rings. The van der Waals surface area contributed by atoms with E-state index in [9.17, 15) is 4.79 Å². The summed E-state index contributed by atoms with van der Waals surface area (Å²) in [5, 5.41) is 4.94. The van der Waals surface area contributed by atoms with E-state index in [0.717, 1.165) is 27.1 Å². The van der Waals surface area contributed by atoms with Gasteiger partial charge in [-0.25, -0.2) is 0 Å². The highest BCUT2D eigenvalue weighted by Gasteiger charge is 2.13. The molecule has 0 aliphatic rings. The van der Waals surface area contributed by atoms with Crippen LogP contribution in [0.15, 0.2) is 46.9 Å². The lowest BCUT2D eigenvalue weighted by Gasteiger charge is -2.13. The average Bonchev–Trinajstić information content (AvgIpc) is 2.64. The van der Waals surface area contributed by atoms with Gasteiger partial charge in [-0.3, -0.25) is 4.79 Å². The highest BCUT2D eigenvalue weighted by molar-refractivity contribution is 9.10. The highest BCUT2D eigenvalue weighted by atomic mass is 79.9. The Balaban J connectivity index is 1.79. The Morgan fingerprint density at radius 3 is 2.48 bits per heavy atom. The van der Waals surface area contributed by atoms with Crippen LogP contribution in [0.3, 0.4) is 0 Å². The summed E-state index contributed by atoms with van der Waals surface area (Å²) >= 11 is 3.49. The maximum absolute atomic E-state index is 12.0. The van der Waals surface area contributed by atoms with E-state index in [1.165, 1.54) is 0 Å². The molecule has 0 saturated carbocycles. The highest BCUT2D eigenvalue weighted by Crippen LogP contribution is 2.27. The van der Waals surface area contributed by atoms with Gasteiger partial charge in [-0.2, -0.15) is 0 Å². The average molecular weight is 408 g/mol. The first-order chi connectivity index (χ1) is 12.0. The van der Waals surface area contributed by atoms with Crippen LogP contribution in [0.1, 0.15) is 24.1 Å². The smallest absolute Gasteiger partial charge is 0.275 e. The van der Waals surface area contributed by atoms with Crippen molar-refractivity contribution in [1.82, 2.24) is 5.32 Å². The van der Waals surface area contributed by atoms with Crippen molar-refractivity contribution in [3.63, 3.8) is 0 Å². The number of amides is 1. The molecule has 5 nitrogen and oxygen atoms in total. The summed E-state index contributed by atoms with van der Waals surface area (Å²) in [5.74, 6) is 1.62. The molecule has 1 amide bonds. The van der Waals surface area contributed by atoms with Gasteiger partial charge in [0.15, 0.2) is 6.54 Å². The van der Waals surface area contributed by atoms with Crippen LogP contribution in [0.25, 0.3) is 0 Å². The molecule has 25 heavy (non-hydrogen) atoms. The van der Waals surface area contributed by atoms with Crippen LogP contribution in [0.2, 0.25) is 0 Å². The lowest BCUT2D eigenvalue weighted by molar-refractivity contribution is -0.682. The van der Waals surface area contributed by atoms with Crippen molar-refractivity contribution in [2.45, 2.75) is 19.5 Å². The number of hydrogen-bond acceptors (Lipinski definition) is 3. The lowest BCUT2D eigenvalue weighted by atomic mass is 10.1. The number of hydrogen-bond donors (Lipinski definition) is 2. The number of benzene rings is 2. The maximum atomic E-state index is 12.0. The van der Waals surface area contributed by atoms with E-state index in [-0.39, 0.29) is 11.9 Å². The third-order valence-electron chi connectivity index (χ3n) is 4.01. The van der Waals surface area contributed by atoms with Crippen LogP contribution in [-0.4, -0.2) is 26.7 Å². The fraction of sp³-hybridized carbons (Fsp3) is 0.316. The Hall–Kier alpha value is -2.05. The van der Waals surface area contributed by atoms with Gasteiger partial charge in [0.1, 0.15) is 17.5 Å². The molecule has 0 spiro atoms. The number of rotatable bonds is 8. The summed E-state index contributed by atoms with van der Waals surface area (Å²) in [5.41, 5.74) is 2.18. The van der Waals surface area contributed by atoms with E-state index < -0.39 is 0 Å². The zero-order valence-corrected chi connectivity index (χ0v) is 16.3. The van der Waals surface area contributed by atoms with Crippen LogP contribution in [0.4, 0.5) is 0 Å². The summed E-state index contributed by atoms with van der Waals surface area (Å²) in [6.07, 6.45) is 0. The van der Waals surface area contributed by atoms with Crippen molar-refractivity contribution < 1.29 is 19.6 Å². The first-order valence-corrected chi connectivity index (χ1v) is 8.89. The minimum absolute atomic E-state index is 0.00949. The summed E-state index contributed by atoms with van der Waals surface area (Å²) in [4.78, 5) is 12.0.